The molecule has 0 N–H and O–H groups in total. The van der Waals surface area contributed by atoms with Crippen LogP contribution in [-0.2, 0) is 5.41 Å². The average Bonchev–Trinajstić information content (AvgIpc) is 3.35. The fourth-order valence-electron chi connectivity index (χ4n) is 10.2. The summed E-state index contributed by atoms with van der Waals surface area (Å²) in [6.45, 7) is 5.26. The topological polar surface area (TPSA) is 0 Å². The van der Waals surface area contributed by atoms with E-state index >= 15 is 0 Å². The molecule has 6 aromatic carbocycles. The van der Waals surface area contributed by atoms with Gasteiger partial charge in [0.05, 0.1) is 0 Å². The molecule has 0 nitrogen and oxygen atoms in total. The molecule has 0 saturated heterocycles. The second-order valence-electron chi connectivity index (χ2n) is 13.7. The first kappa shape index (κ1) is 29.3. The molecule has 47 heavy (non-hydrogen) atoms. The molecule has 1 spiro atoms. The third kappa shape index (κ3) is 4.28. The molecule has 0 aliphatic heterocycles. The van der Waals surface area contributed by atoms with Crippen LogP contribution in [0.1, 0.15) is 47.9 Å². The van der Waals surface area contributed by atoms with Crippen molar-refractivity contribution in [2.45, 2.75) is 42.4 Å². The van der Waals surface area contributed by atoms with Crippen LogP contribution in [0.15, 0.2) is 170 Å². The minimum atomic E-state index is -0.586. The van der Waals surface area contributed by atoms with Gasteiger partial charge in [-0.25, -0.2) is 0 Å². The molecule has 3 aliphatic rings. The highest BCUT2D eigenvalue weighted by atomic mass is 31.1. The fraction of sp³-hybridized carbons (Fsp3) is 0.200. The van der Waals surface area contributed by atoms with Gasteiger partial charge in [0.1, 0.15) is 0 Å². The molecule has 6 aromatic rings. The van der Waals surface area contributed by atoms with E-state index in [0.717, 1.165) is 0 Å². The van der Waals surface area contributed by atoms with Crippen molar-refractivity contribution in [3.8, 4) is 0 Å². The first-order valence-electron chi connectivity index (χ1n) is 17.2. The van der Waals surface area contributed by atoms with Gasteiger partial charge in [-0.1, -0.05) is 184 Å². The van der Waals surface area contributed by atoms with Gasteiger partial charge in [0.2, 0.25) is 0 Å². The highest BCUT2D eigenvalue weighted by molar-refractivity contribution is 7.74. The van der Waals surface area contributed by atoms with Gasteiger partial charge in [-0.15, -0.1) is 0 Å². The zero-order valence-corrected chi connectivity index (χ0v) is 28.8. The highest BCUT2D eigenvalue weighted by Gasteiger charge is 2.75. The molecule has 0 radical (unpaired) electrons. The zero-order chi connectivity index (χ0) is 31.5. The van der Waals surface area contributed by atoms with Crippen molar-refractivity contribution in [2.24, 2.45) is 11.8 Å². The molecule has 0 bridgehead atoms. The summed E-state index contributed by atoms with van der Waals surface area (Å²) in [7, 11) is -1.17. The molecule has 3 aliphatic carbocycles. The first-order valence-corrected chi connectivity index (χ1v) is 20.0. The van der Waals surface area contributed by atoms with Crippen molar-refractivity contribution in [3.63, 3.8) is 0 Å². The lowest BCUT2D eigenvalue weighted by atomic mass is 9.43. The monoisotopic (exact) mass is 642 g/mol. The van der Waals surface area contributed by atoms with Gasteiger partial charge >= 0.3 is 0 Å². The quantitative estimate of drug-likeness (QED) is 0.145. The van der Waals surface area contributed by atoms with Crippen LogP contribution in [0, 0.1) is 11.8 Å². The Kier molecular flexibility index (Phi) is 7.30. The van der Waals surface area contributed by atoms with E-state index in [1.165, 1.54) is 21.2 Å². The summed E-state index contributed by atoms with van der Waals surface area (Å²) in [5.74, 6) is 2.14. The summed E-state index contributed by atoms with van der Waals surface area (Å²) in [5.41, 5.74) is 7.55. The third-order valence-corrected chi connectivity index (χ3v) is 17.5. The SMILES string of the molecule is C[C@H]([C@H]1C2c3ccccc3C23c2ccccc2C3[C@@H]1[C@@H](C)P(c1ccccc1)c1ccccc1)P(c1ccccc1)c1ccccc1. The number of hydrogen-bond donors (Lipinski definition) is 0. The van der Waals surface area contributed by atoms with Crippen molar-refractivity contribution in [3.05, 3.63) is 192 Å². The Balaban J connectivity index is 1.27. The van der Waals surface area contributed by atoms with Crippen LogP contribution in [0.4, 0.5) is 0 Å². The van der Waals surface area contributed by atoms with E-state index in [9.17, 15) is 0 Å². The Labute approximate surface area is 282 Å². The molecule has 1 fully saturated rings. The van der Waals surface area contributed by atoms with E-state index in [1.54, 1.807) is 22.3 Å². The van der Waals surface area contributed by atoms with Gasteiger partial charge < -0.3 is 0 Å². The Morgan fingerprint density at radius 1 is 0.383 bits per heavy atom. The maximum Gasteiger partial charge on any atom is 0.0351 e. The van der Waals surface area contributed by atoms with Crippen molar-refractivity contribution in [2.75, 3.05) is 0 Å². The fourth-order valence-corrected chi connectivity index (χ4v) is 16.1. The summed E-state index contributed by atoms with van der Waals surface area (Å²) in [5, 5.41) is 6.00. The van der Waals surface area contributed by atoms with Crippen LogP contribution < -0.4 is 21.2 Å². The van der Waals surface area contributed by atoms with E-state index in [2.05, 4.69) is 184 Å². The number of fused-ring (bicyclic) bond motifs is 4. The smallest absolute Gasteiger partial charge is 0.0351 e. The Morgan fingerprint density at radius 3 is 0.979 bits per heavy atom. The van der Waals surface area contributed by atoms with E-state index < -0.39 is 15.8 Å². The molecule has 1 saturated carbocycles. The Bertz CT molecular complexity index is 1780. The largest absolute Gasteiger partial charge is 0.0622 e. The predicted molar refractivity (Wildman–Crippen MR) is 203 cm³/mol. The third-order valence-electron chi connectivity index (χ3n) is 11.7. The van der Waals surface area contributed by atoms with Crippen LogP contribution in [0.25, 0.3) is 0 Å². The Hall–Kier alpha value is -3.82. The minimum Gasteiger partial charge on any atom is -0.0622 e. The summed E-state index contributed by atoms with van der Waals surface area (Å²) in [4.78, 5) is 0. The number of hydrogen-bond acceptors (Lipinski definition) is 0. The van der Waals surface area contributed by atoms with Gasteiger partial charge in [0.15, 0.2) is 0 Å². The second-order valence-corrected chi connectivity index (χ2v) is 18.9. The van der Waals surface area contributed by atoms with Gasteiger partial charge in [-0.05, 0) is 82.5 Å². The number of benzene rings is 6. The molecule has 0 heterocycles. The van der Waals surface area contributed by atoms with Gasteiger partial charge in [-0.2, -0.15) is 0 Å². The molecule has 0 aromatic heterocycles. The normalized spacial score (nSPS) is 24.7. The zero-order valence-electron chi connectivity index (χ0n) is 27.0. The van der Waals surface area contributed by atoms with Crippen molar-refractivity contribution in [1.29, 1.82) is 0 Å². The van der Waals surface area contributed by atoms with E-state index in [0.29, 0.717) is 35.0 Å². The average molecular weight is 643 g/mol. The molecule has 0 amide bonds. The molecule has 6 atom stereocenters. The van der Waals surface area contributed by atoms with Crippen LogP contribution >= 0.6 is 15.8 Å². The van der Waals surface area contributed by atoms with Crippen LogP contribution in [-0.4, -0.2) is 11.3 Å². The lowest BCUT2D eigenvalue weighted by Crippen LogP contribution is -2.53. The summed E-state index contributed by atoms with van der Waals surface area (Å²) in [6.07, 6.45) is 0. The molecular formula is C45H40P2. The van der Waals surface area contributed by atoms with Crippen molar-refractivity contribution in [1.82, 2.24) is 0 Å². The molecular weight excluding hydrogens is 602 g/mol. The van der Waals surface area contributed by atoms with Crippen molar-refractivity contribution < 1.29 is 0 Å². The van der Waals surface area contributed by atoms with E-state index in [-0.39, 0.29) is 5.41 Å². The van der Waals surface area contributed by atoms with Gasteiger partial charge in [0.25, 0.3) is 0 Å². The highest BCUT2D eigenvalue weighted by Crippen LogP contribution is 2.82. The first-order chi connectivity index (χ1) is 23.2. The predicted octanol–water partition coefficient (Wildman–Crippen LogP) is 9.46. The lowest BCUT2D eigenvalue weighted by molar-refractivity contribution is 0.289. The Morgan fingerprint density at radius 2 is 0.660 bits per heavy atom. The standard InChI is InChI=1S/C45H40P2/c1-31(46(33-19-7-3-8-20-33)34-21-9-4-10-22-34)41-42(32(2)47(35-23-11-5-12-24-35)36-25-13-6-14-26-36)44-38-28-16-18-30-40(38)45(44)39-29-17-15-27-37(39)43(41)45/h3-32,41-44H,1-2H3/t31-,32-,41-,42-,43?,44?,45?/m1/s1. The summed E-state index contributed by atoms with van der Waals surface area (Å²) >= 11 is 0. The van der Waals surface area contributed by atoms with Crippen LogP contribution in [0.2, 0.25) is 0 Å². The second kappa shape index (κ2) is 11.7. The maximum atomic E-state index is 2.63. The number of rotatable bonds is 8. The van der Waals surface area contributed by atoms with Gasteiger partial charge in [0, 0.05) is 17.3 Å². The van der Waals surface area contributed by atoms with Gasteiger partial charge in [-0.3, -0.25) is 0 Å². The molecule has 230 valence electrons. The molecule has 9 rings (SSSR count). The van der Waals surface area contributed by atoms with Crippen molar-refractivity contribution >= 4 is 37.1 Å². The maximum absolute atomic E-state index is 2.63. The van der Waals surface area contributed by atoms with Crippen LogP contribution in [0.5, 0.6) is 0 Å². The van der Waals surface area contributed by atoms with E-state index in [1.807, 2.05) is 0 Å². The summed E-state index contributed by atoms with van der Waals surface area (Å²) in [6, 6.07) is 64.9. The van der Waals surface area contributed by atoms with E-state index in [4.69, 9.17) is 0 Å². The minimum absolute atomic E-state index is 0.119. The lowest BCUT2D eigenvalue weighted by Gasteiger charge is -2.60. The van der Waals surface area contributed by atoms with Crippen LogP contribution in [0.3, 0.4) is 0 Å². The molecule has 2 unspecified atom stereocenters. The summed E-state index contributed by atoms with van der Waals surface area (Å²) < 4.78 is 0. The molecule has 2 heteroatoms.